The van der Waals surface area contributed by atoms with Crippen LogP contribution in [-0.4, -0.2) is 27.9 Å². The quantitative estimate of drug-likeness (QED) is 0.595. The topological polar surface area (TPSA) is 91.7 Å². The van der Waals surface area contributed by atoms with Gasteiger partial charge in [0.25, 0.3) is 0 Å². The first-order valence-corrected chi connectivity index (χ1v) is 4.15. The van der Waals surface area contributed by atoms with Gasteiger partial charge in [0.15, 0.2) is 5.78 Å². The van der Waals surface area contributed by atoms with Gasteiger partial charge in [0, 0.05) is 17.4 Å². The van der Waals surface area contributed by atoms with Crippen LogP contribution in [-0.2, 0) is 14.4 Å². The highest BCUT2D eigenvalue weighted by Crippen LogP contribution is 2.60. The first-order valence-electron chi connectivity index (χ1n) is 4.15. The van der Waals surface area contributed by atoms with Crippen LogP contribution in [0.4, 0.5) is 0 Å². The predicted molar refractivity (Wildman–Crippen MR) is 43.4 cm³/mol. The zero-order valence-electron chi connectivity index (χ0n) is 7.14. The van der Waals surface area contributed by atoms with Gasteiger partial charge in [-0.1, -0.05) is 6.58 Å². The molecule has 14 heavy (non-hydrogen) atoms. The van der Waals surface area contributed by atoms with Crippen molar-refractivity contribution in [2.75, 3.05) is 0 Å². The van der Waals surface area contributed by atoms with Crippen LogP contribution in [0.25, 0.3) is 0 Å². The molecule has 0 spiro atoms. The van der Waals surface area contributed by atoms with Crippen molar-refractivity contribution in [1.82, 2.24) is 0 Å². The van der Waals surface area contributed by atoms with E-state index in [1.807, 2.05) is 0 Å². The molecule has 2 N–H and O–H groups in total. The van der Waals surface area contributed by atoms with E-state index in [2.05, 4.69) is 6.58 Å². The molecular formula is C9H8O5. The van der Waals surface area contributed by atoms with E-state index in [0.717, 1.165) is 0 Å². The smallest absolute Gasteiger partial charge is 0.311 e. The molecule has 2 fully saturated rings. The number of aliphatic carboxylic acids is 2. The summed E-state index contributed by atoms with van der Waals surface area (Å²) >= 11 is 0. The molecule has 0 amide bonds. The molecule has 0 heterocycles. The summed E-state index contributed by atoms with van der Waals surface area (Å²) in [5.41, 5.74) is 0.0463. The van der Waals surface area contributed by atoms with Crippen molar-refractivity contribution >= 4 is 17.7 Å². The molecule has 0 aromatic rings. The van der Waals surface area contributed by atoms with E-state index in [9.17, 15) is 14.4 Å². The van der Waals surface area contributed by atoms with E-state index in [4.69, 9.17) is 10.2 Å². The molecular weight excluding hydrogens is 188 g/mol. The Hall–Kier alpha value is -1.65. The normalized spacial score (nSPS) is 39.4. The molecule has 0 aromatic carbocycles. The third kappa shape index (κ3) is 0.865. The van der Waals surface area contributed by atoms with Gasteiger partial charge in [-0.2, -0.15) is 0 Å². The SMILES string of the molecule is C=C1C(=O)C2C(C(=O)O)C2C1C(=O)O. The number of rotatable bonds is 2. The number of hydrogen-bond donors (Lipinski definition) is 2. The summed E-state index contributed by atoms with van der Waals surface area (Å²) in [6.07, 6.45) is 0. The Balaban J connectivity index is 2.30. The lowest BCUT2D eigenvalue weighted by atomic mass is 9.95. The van der Waals surface area contributed by atoms with Crippen molar-refractivity contribution in [2.45, 2.75) is 0 Å². The second kappa shape index (κ2) is 2.43. The molecule has 0 bridgehead atoms. The van der Waals surface area contributed by atoms with E-state index in [1.54, 1.807) is 0 Å². The van der Waals surface area contributed by atoms with Crippen LogP contribution in [0.3, 0.4) is 0 Å². The highest BCUT2D eigenvalue weighted by atomic mass is 16.4. The molecule has 5 heteroatoms. The number of carbonyl (C=O) groups excluding carboxylic acids is 1. The monoisotopic (exact) mass is 196 g/mol. The van der Waals surface area contributed by atoms with Crippen LogP contribution < -0.4 is 0 Å². The Morgan fingerprint density at radius 1 is 1.21 bits per heavy atom. The number of fused-ring (bicyclic) bond motifs is 1. The summed E-state index contributed by atoms with van der Waals surface area (Å²) in [7, 11) is 0. The molecule has 0 aliphatic heterocycles. The maximum Gasteiger partial charge on any atom is 0.311 e. The van der Waals surface area contributed by atoms with Gasteiger partial charge in [0.1, 0.15) is 0 Å². The van der Waals surface area contributed by atoms with Crippen LogP contribution in [0.1, 0.15) is 0 Å². The lowest BCUT2D eigenvalue weighted by Gasteiger charge is -2.08. The zero-order chi connectivity index (χ0) is 10.6. The fourth-order valence-electron chi connectivity index (χ4n) is 2.32. The summed E-state index contributed by atoms with van der Waals surface area (Å²) in [5.74, 6) is -5.64. The summed E-state index contributed by atoms with van der Waals surface area (Å²) in [5, 5.41) is 17.5. The summed E-state index contributed by atoms with van der Waals surface area (Å²) in [6.45, 7) is 3.39. The van der Waals surface area contributed by atoms with Gasteiger partial charge in [-0.05, 0) is 0 Å². The number of carboxylic acids is 2. The highest BCUT2D eigenvalue weighted by molar-refractivity contribution is 6.10. The molecule has 0 aromatic heterocycles. The third-order valence-electron chi connectivity index (χ3n) is 3.01. The lowest BCUT2D eigenvalue weighted by molar-refractivity contribution is -0.143. The van der Waals surface area contributed by atoms with E-state index < -0.39 is 41.4 Å². The molecule has 4 unspecified atom stereocenters. The average molecular weight is 196 g/mol. The van der Waals surface area contributed by atoms with Gasteiger partial charge in [-0.25, -0.2) is 0 Å². The van der Waals surface area contributed by atoms with Gasteiger partial charge in [0.05, 0.1) is 11.8 Å². The van der Waals surface area contributed by atoms with Crippen molar-refractivity contribution in [3.8, 4) is 0 Å². The van der Waals surface area contributed by atoms with Crippen LogP contribution in [0.5, 0.6) is 0 Å². The molecule has 5 nitrogen and oxygen atoms in total. The number of hydrogen-bond acceptors (Lipinski definition) is 3. The Bertz CT molecular complexity index is 369. The van der Waals surface area contributed by atoms with Gasteiger partial charge in [-0.3, -0.25) is 14.4 Å². The Morgan fingerprint density at radius 3 is 2.21 bits per heavy atom. The van der Waals surface area contributed by atoms with Crippen molar-refractivity contribution in [3.05, 3.63) is 12.2 Å². The fourth-order valence-corrected chi connectivity index (χ4v) is 2.32. The van der Waals surface area contributed by atoms with Crippen molar-refractivity contribution in [3.63, 3.8) is 0 Å². The molecule has 4 atom stereocenters. The Morgan fingerprint density at radius 2 is 1.79 bits per heavy atom. The van der Waals surface area contributed by atoms with Crippen LogP contribution >= 0.6 is 0 Å². The Labute approximate surface area is 79.0 Å². The molecule has 0 saturated heterocycles. The zero-order valence-corrected chi connectivity index (χ0v) is 7.14. The van der Waals surface area contributed by atoms with Gasteiger partial charge in [-0.15, -0.1) is 0 Å². The summed E-state index contributed by atoms with van der Waals surface area (Å²) < 4.78 is 0. The molecule has 0 radical (unpaired) electrons. The molecule has 2 rings (SSSR count). The van der Waals surface area contributed by atoms with E-state index in [1.165, 1.54) is 0 Å². The van der Waals surface area contributed by atoms with E-state index >= 15 is 0 Å². The van der Waals surface area contributed by atoms with Gasteiger partial charge >= 0.3 is 11.9 Å². The number of carbonyl (C=O) groups is 3. The molecule has 2 aliphatic rings. The van der Waals surface area contributed by atoms with E-state index in [-0.39, 0.29) is 5.57 Å². The predicted octanol–water partition coefficient (Wildman–Crippen LogP) is -0.227. The third-order valence-corrected chi connectivity index (χ3v) is 3.01. The second-order valence-corrected chi connectivity index (χ2v) is 3.67. The maximum absolute atomic E-state index is 11.4. The fraction of sp³-hybridized carbons (Fsp3) is 0.444. The minimum Gasteiger partial charge on any atom is -0.481 e. The average Bonchev–Trinajstić information content (AvgIpc) is 2.71. The van der Waals surface area contributed by atoms with Gasteiger partial charge in [0.2, 0.25) is 0 Å². The summed E-state index contributed by atoms with van der Waals surface area (Å²) in [6, 6.07) is 0. The van der Waals surface area contributed by atoms with E-state index in [0.29, 0.717) is 0 Å². The number of Topliss-reactive ketones (excluding diaryl/α,β-unsaturated/α-hetero) is 1. The molecule has 2 saturated carbocycles. The van der Waals surface area contributed by atoms with Gasteiger partial charge < -0.3 is 10.2 Å². The van der Waals surface area contributed by atoms with Crippen molar-refractivity contribution in [1.29, 1.82) is 0 Å². The summed E-state index contributed by atoms with van der Waals surface area (Å²) in [4.78, 5) is 32.7. The van der Waals surface area contributed by atoms with Crippen molar-refractivity contribution < 1.29 is 24.6 Å². The number of carboxylic acid groups (broad SMARTS) is 2. The minimum atomic E-state index is -1.15. The first kappa shape index (κ1) is 8.93. The van der Waals surface area contributed by atoms with Crippen LogP contribution in [0, 0.1) is 23.7 Å². The second-order valence-electron chi connectivity index (χ2n) is 3.67. The van der Waals surface area contributed by atoms with Crippen molar-refractivity contribution in [2.24, 2.45) is 23.7 Å². The lowest BCUT2D eigenvalue weighted by Crippen LogP contribution is -2.22. The first-order chi connectivity index (χ1) is 6.46. The number of ketones is 1. The Kier molecular flexibility index (Phi) is 1.55. The maximum atomic E-state index is 11.4. The minimum absolute atomic E-state index is 0.0463. The van der Waals surface area contributed by atoms with Crippen LogP contribution in [0.2, 0.25) is 0 Å². The largest absolute Gasteiger partial charge is 0.481 e. The highest BCUT2D eigenvalue weighted by Gasteiger charge is 2.69. The molecule has 74 valence electrons. The van der Waals surface area contributed by atoms with Crippen LogP contribution in [0.15, 0.2) is 12.2 Å². The standard InChI is InChI=1S/C9H8O5/c1-2-3(8(11)12)4-5(7(2)10)6(4)9(13)14/h3-6H,1H2,(H,11,12)(H,13,14). The molecule has 2 aliphatic carbocycles.